The fraction of sp³-hybridized carbons (Fsp3) is 0.500. The van der Waals surface area contributed by atoms with Crippen LogP contribution >= 0.6 is 0 Å². The van der Waals surface area contributed by atoms with E-state index < -0.39 is 0 Å². The van der Waals surface area contributed by atoms with Crippen LogP contribution in [0, 0.1) is 12.8 Å². The first kappa shape index (κ1) is 21.3. The molecule has 7 nitrogen and oxygen atoms in total. The summed E-state index contributed by atoms with van der Waals surface area (Å²) in [7, 11) is 0. The van der Waals surface area contributed by atoms with Crippen LogP contribution in [0.25, 0.3) is 10.9 Å². The van der Waals surface area contributed by atoms with Crippen molar-refractivity contribution in [2.24, 2.45) is 5.92 Å². The number of hydrogen-bond donors (Lipinski definition) is 0. The summed E-state index contributed by atoms with van der Waals surface area (Å²) in [5.41, 5.74) is 1.97. The largest absolute Gasteiger partial charge is 0.341 e. The summed E-state index contributed by atoms with van der Waals surface area (Å²) in [6.45, 7) is 9.29. The van der Waals surface area contributed by atoms with Crippen molar-refractivity contribution in [2.75, 3.05) is 13.1 Å². The van der Waals surface area contributed by atoms with E-state index in [4.69, 9.17) is 0 Å². The number of amides is 1. The van der Waals surface area contributed by atoms with Crippen molar-refractivity contribution >= 4 is 16.8 Å². The highest BCUT2D eigenvalue weighted by atomic mass is 16.2. The monoisotopic (exact) mass is 421 g/mol. The lowest BCUT2D eigenvalue weighted by Gasteiger charge is -2.32. The molecule has 0 N–H and O–H groups in total. The quantitative estimate of drug-likeness (QED) is 0.649. The van der Waals surface area contributed by atoms with Crippen molar-refractivity contribution in [3.63, 3.8) is 0 Å². The molecule has 0 spiro atoms. The van der Waals surface area contributed by atoms with Gasteiger partial charge in [-0.3, -0.25) is 14.3 Å². The molecule has 1 aliphatic heterocycles. The van der Waals surface area contributed by atoms with E-state index in [1.165, 1.54) is 10.2 Å². The molecular formula is C24H31N5O2. The van der Waals surface area contributed by atoms with Crippen LogP contribution in [0.2, 0.25) is 0 Å². The Bertz CT molecular complexity index is 1130. The predicted octanol–water partition coefficient (Wildman–Crippen LogP) is 3.14. The van der Waals surface area contributed by atoms with E-state index >= 15 is 0 Å². The Balaban J connectivity index is 1.47. The van der Waals surface area contributed by atoms with Gasteiger partial charge in [0.15, 0.2) is 0 Å². The molecule has 1 saturated heterocycles. The first-order valence-electron chi connectivity index (χ1n) is 11.0. The minimum absolute atomic E-state index is 0.0334. The van der Waals surface area contributed by atoms with E-state index in [2.05, 4.69) is 34.5 Å². The van der Waals surface area contributed by atoms with Crippen molar-refractivity contribution in [1.29, 1.82) is 0 Å². The fourth-order valence-electron chi connectivity index (χ4n) is 4.40. The van der Waals surface area contributed by atoms with Gasteiger partial charge in [-0.15, -0.1) is 0 Å². The zero-order chi connectivity index (χ0) is 22.2. The van der Waals surface area contributed by atoms with Gasteiger partial charge in [-0.25, -0.2) is 4.68 Å². The number of benzene rings is 1. The van der Waals surface area contributed by atoms with Gasteiger partial charge in [-0.1, -0.05) is 30.3 Å². The Kier molecular flexibility index (Phi) is 5.69. The van der Waals surface area contributed by atoms with Crippen LogP contribution in [0.5, 0.6) is 0 Å². The van der Waals surface area contributed by atoms with Crippen molar-refractivity contribution < 1.29 is 4.79 Å². The Morgan fingerprint density at radius 2 is 1.81 bits per heavy atom. The smallest absolute Gasteiger partial charge is 0.293 e. The lowest BCUT2D eigenvalue weighted by atomic mass is 9.90. The molecule has 164 valence electrons. The topological polar surface area (TPSA) is 73.0 Å². The molecule has 0 saturated carbocycles. The number of aromatic nitrogens is 4. The van der Waals surface area contributed by atoms with Gasteiger partial charge in [0.2, 0.25) is 5.91 Å². The van der Waals surface area contributed by atoms with E-state index in [1.807, 2.05) is 38.7 Å². The normalized spacial score (nSPS) is 15.5. The van der Waals surface area contributed by atoms with Crippen LogP contribution in [0.4, 0.5) is 0 Å². The highest BCUT2D eigenvalue weighted by Crippen LogP contribution is 2.23. The molecule has 1 amide bonds. The zero-order valence-corrected chi connectivity index (χ0v) is 18.8. The minimum Gasteiger partial charge on any atom is -0.341 e. The van der Waals surface area contributed by atoms with Crippen LogP contribution in [0.3, 0.4) is 0 Å². The van der Waals surface area contributed by atoms with Gasteiger partial charge in [0.25, 0.3) is 5.56 Å². The number of fused-ring (bicyclic) bond motifs is 1. The van der Waals surface area contributed by atoms with Crippen molar-refractivity contribution in [3.8, 4) is 0 Å². The average molecular weight is 422 g/mol. The van der Waals surface area contributed by atoms with Crippen molar-refractivity contribution in [1.82, 2.24) is 24.5 Å². The molecule has 0 radical (unpaired) electrons. The van der Waals surface area contributed by atoms with Gasteiger partial charge in [0, 0.05) is 18.5 Å². The molecule has 4 rings (SSSR count). The van der Waals surface area contributed by atoms with E-state index in [1.54, 1.807) is 10.9 Å². The van der Waals surface area contributed by atoms with Crippen LogP contribution in [-0.4, -0.2) is 43.5 Å². The molecule has 0 atom stereocenters. The molecule has 2 aromatic heterocycles. The first-order valence-corrected chi connectivity index (χ1v) is 11.0. The van der Waals surface area contributed by atoms with E-state index in [-0.39, 0.29) is 23.6 Å². The second kappa shape index (κ2) is 8.29. The number of rotatable bonds is 4. The number of nitrogens with zero attached hydrogens (tertiary/aromatic N) is 5. The summed E-state index contributed by atoms with van der Waals surface area (Å²) in [5, 5.41) is 9.56. The van der Waals surface area contributed by atoms with Crippen molar-refractivity contribution in [3.05, 3.63) is 58.1 Å². The average Bonchev–Trinajstić information content (AvgIpc) is 3.20. The Morgan fingerprint density at radius 1 is 1.13 bits per heavy atom. The summed E-state index contributed by atoms with van der Waals surface area (Å²) in [6, 6.07) is 10.5. The van der Waals surface area contributed by atoms with Crippen LogP contribution < -0.4 is 5.56 Å². The SMILES string of the molecule is Cc1nn(CC(=O)N2CCC(Cc3ccccc3)CC2)c(=O)c2c1cnn2C(C)(C)C. The summed E-state index contributed by atoms with van der Waals surface area (Å²) in [5.74, 6) is 0.542. The van der Waals surface area contributed by atoms with Gasteiger partial charge in [-0.05, 0) is 58.4 Å². The standard InChI is InChI=1S/C24H31N5O2/c1-17-20-15-25-29(24(2,3)4)22(20)23(31)28(26-17)16-21(30)27-12-10-19(11-13-27)14-18-8-6-5-7-9-18/h5-9,15,19H,10-14,16H2,1-4H3. The molecule has 1 aromatic carbocycles. The Morgan fingerprint density at radius 3 is 2.45 bits per heavy atom. The highest BCUT2D eigenvalue weighted by molar-refractivity contribution is 5.81. The maximum atomic E-state index is 13.2. The molecule has 1 aliphatic rings. The van der Waals surface area contributed by atoms with Gasteiger partial charge in [0.1, 0.15) is 12.1 Å². The van der Waals surface area contributed by atoms with E-state index in [0.29, 0.717) is 17.1 Å². The summed E-state index contributed by atoms with van der Waals surface area (Å²) >= 11 is 0. The lowest BCUT2D eigenvalue weighted by Crippen LogP contribution is -2.42. The molecule has 7 heteroatoms. The molecular weight excluding hydrogens is 390 g/mol. The maximum Gasteiger partial charge on any atom is 0.293 e. The van der Waals surface area contributed by atoms with Crippen LogP contribution in [0.15, 0.2) is 41.3 Å². The fourth-order valence-corrected chi connectivity index (χ4v) is 4.40. The van der Waals surface area contributed by atoms with Gasteiger partial charge in [0.05, 0.1) is 17.4 Å². The van der Waals surface area contributed by atoms with Gasteiger partial charge >= 0.3 is 0 Å². The van der Waals surface area contributed by atoms with Crippen molar-refractivity contribution in [2.45, 2.75) is 59.0 Å². The highest BCUT2D eigenvalue weighted by Gasteiger charge is 2.25. The number of likely N-dealkylation sites (tertiary alicyclic amines) is 1. The number of piperidine rings is 1. The van der Waals surface area contributed by atoms with Crippen LogP contribution in [-0.2, 0) is 23.3 Å². The molecule has 31 heavy (non-hydrogen) atoms. The Labute approximate surface area is 182 Å². The molecule has 3 aromatic rings. The van der Waals surface area contributed by atoms with E-state index in [9.17, 15) is 9.59 Å². The van der Waals surface area contributed by atoms with Gasteiger partial charge < -0.3 is 4.90 Å². The molecule has 3 heterocycles. The third kappa shape index (κ3) is 4.40. The Hall–Kier alpha value is -2.96. The summed E-state index contributed by atoms with van der Waals surface area (Å²) in [6.07, 6.45) is 4.71. The third-order valence-electron chi connectivity index (χ3n) is 6.12. The molecule has 1 fully saturated rings. The first-order chi connectivity index (χ1) is 14.7. The summed E-state index contributed by atoms with van der Waals surface area (Å²) < 4.78 is 3.04. The lowest BCUT2D eigenvalue weighted by molar-refractivity contribution is -0.133. The number of carbonyl (C=O) groups is 1. The minimum atomic E-state index is -0.336. The third-order valence-corrected chi connectivity index (χ3v) is 6.12. The number of hydrogen-bond acceptors (Lipinski definition) is 4. The predicted molar refractivity (Wildman–Crippen MR) is 121 cm³/mol. The van der Waals surface area contributed by atoms with Crippen LogP contribution in [0.1, 0.15) is 44.9 Å². The molecule has 0 aliphatic carbocycles. The maximum absolute atomic E-state index is 13.2. The summed E-state index contributed by atoms with van der Waals surface area (Å²) in [4.78, 5) is 28.0. The molecule has 0 bridgehead atoms. The number of carbonyl (C=O) groups excluding carboxylic acids is 1. The second-order valence-electron chi connectivity index (χ2n) is 9.55. The zero-order valence-electron chi connectivity index (χ0n) is 18.8. The molecule has 0 unspecified atom stereocenters. The second-order valence-corrected chi connectivity index (χ2v) is 9.55. The number of aryl methyl sites for hydroxylation is 1. The van der Waals surface area contributed by atoms with E-state index in [0.717, 1.165) is 37.7 Å². The van der Waals surface area contributed by atoms with Gasteiger partial charge in [-0.2, -0.15) is 10.2 Å².